The van der Waals surface area contributed by atoms with Crippen molar-refractivity contribution in [3.8, 4) is 0 Å². The molecule has 4 nitrogen and oxygen atoms in total. The molecule has 0 aromatic rings. The number of hydrogen-bond donors (Lipinski definition) is 3. The molecule has 2 fully saturated rings. The third-order valence-electron chi connectivity index (χ3n) is 4.26. The van der Waals surface area contributed by atoms with Crippen LogP contribution in [0, 0.1) is 17.3 Å². The molecule has 0 aromatic carbocycles. The molecule has 4 atom stereocenters. The molecule has 4 heteroatoms. The number of aliphatic hydroxyl groups is 3. The Kier molecular flexibility index (Phi) is 7.80. The summed E-state index contributed by atoms with van der Waals surface area (Å²) in [7, 11) is 0. The van der Waals surface area contributed by atoms with E-state index in [1.165, 1.54) is 12.8 Å². The molecule has 0 amide bonds. The average molecular weight is 316 g/mol. The lowest BCUT2D eigenvalue weighted by Crippen LogP contribution is -2.35. The second-order valence-corrected chi connectivity index (χ2v) is 8.52. The van der Waals surface area contributed by atoms with Gasteiger partial charge in [-0.15, -0.1) is 0 Å². The van der Waals surface area contributed by atoms with Crippen LogP contribution < -0.4 is 0 Å². The Hall–Kier alpha value is -0.160. The SMILES string of the molecule is CC(C)(C)C[C@@H]1C[C@H]1CO.CC(C)OC1CC(O)CC(O)C1. The summed E-state index contributed by atoms with van der Waals surface area (Å²) >= 11 is 0. The monoisotopic (exact) mass is 316 g/mol. The molecule has 2 aliphatic rings. The molecule has 0 aromatic heterocycles. The van der Waals surface area contributed by atoms with E-state index < -0.39 is 12.2 Å². The predicted molar refractivity (Wildman–Crippen MR) is 88.6 cm³/mol. The summed E-state index contributed by atoms with van der Waals surface area (Å²) < 4.78 is 5.51. The summed E-state index contributed by atoms with van der Waals surface area (Å²) in [4.78, 5) is 0. The maximum atomic E-state index is 9.32. The maximum absolute atomic E-state index is 9.32. The van der Waals surface area contributed by atoms with Crippen molar-refractivity contribution in [3.63, 3.8) is 0 Å². The largest absolute Gasteiger partial charge is 0.396 e. The number of aliphatic hydroxyl groups excluding tert-OH is 3. The first-order valence-corrected chi connectivity index (χ1v) is 8.73. The summed E-state index contributed by atoms with van der Waals surface area (Å²) in [6.45, 7) is 11.1. The van der Waals surface area contributed by atoms with Crippen molar-refractivity contribution in [2.24, 2.45) is 17.3 Å². The molecule has 0 saturated heterocycles. The van der Waals surface area contributed by atoms with E-state index in [-0.39, 0.29) is 12.2 Å². The van der Waals surface area contributed by atoms with Gasteiger partial charge < -0.3 is 20.1 Å². The Balaban J connectivity index is 0.000000224. The van der Waals surface area contributed by atoms with Crippen LogP contribution in [0.5, 0.6) is 0 Å². The fraction of sp³-hybridized carbons (Fsp3) is 1.00. The lowest BCUT2D eigenvalue weighted by Gasteiger charge is -2.30. The van der Waals surface area contributed by atoms with Gasteiger partial charge in [-0.3, -0.25) is 0 Å². The third-order valence-corrected chi connectivity index (χ3v) is 4.26. The van der Waals surface area contributed by atoms with Crippen molar-refractivity contribution < 1.29 is 20.1 Å². The van der Waals surface area contributed by atoms with Crippen LogP contribution in [0.4, 0.5) is 0 Å². The summed E-state index contributed by atoms with van der Waals surface area (Å²) in [5.74, 6) is 1.46. The van der Waals surface area contributed by atoms with E-state index in [0.717, 1.165) is 5.92 Å². The first kappa shape index (κ1) is 19.9. The Morgan fingerprint density at radius 1 is 0.955 bits per heavy atom. The van der Waals surface area contributed by atoms with Crippen molar-refractivity contribution in [2.75, 3.05) is 6.61 Å². The first-order valence-electron chi connectivity index (χ1n) is 8.73. The lowest BCUT2D eigenvalue weighted by molar-refractivity contribution is -0.0781. The van der Waals surface area contributed by atoms with Gasteiger partial charge in [0.25, 0.3) is 0 Å². The van der Waals surface area contributed by atoms with E-state index in [2.05, 4.69) is 20.8 Å². The minimum atomic E-state index is -0.391. The van der Waals surface area contributed by atoms with Gasteiger partial charge in [0.2, 0.25) is 0 Å². The van der Waals surface area contributed by atoms with Crippen molar-refractivity contribution in [2.45, 2.75) is 91.1 Å². The highest BCUT2D eigenvalue weighted by molar-refractivity contribution is 4.88. The quantitative estimate of drug-likeness (QED) is 0.746. The topological polar surface area (TPSA) is 69.9 Å². The molecule has 0 spiro atoms. The number of rotatable bonds is 4. The van der Waals surface area contributed by atoms with Crippen LogP contribution in [0.3, 0.4) is 0 Å². The van der Waals surface area contributed by atoms with Crippen LogP contribution >= 0.6 is 0 Å². The second-order valence-electron chi connectivity index (χ2n) is 8.52. The lowest BCUT2D eigenvalue weighted by atomic mass is 9.89. The highest BCUT2D eigenvalue weighted by Crippen LogP contribution is 2.45. The highest BCUT2D eigenvalue weighted by Gasteiger charge is 2.38. The fourth-order valence-electron chi connectivity index (χ4n) is 3.28. The molecular formula is C18H36O4. The minimum Gasteiger partial charge on any atom is -0.396 e. The zero-order chi connectivity index (χ0) is 16.9. The van der Waals surface area contributed by atoms with Gasteiger partial charge in [-0.05, 0) is 63.2 Å². The molecule has 3 N–H and O–H groups in total. The molecule has 2 saturated carbocycles. The van der Waals surface area contributed by atoms with Crippen LogP contribution in [0.15, 0.2) is 0 Å². The Bertz CT molecular complexity index is 298. The standard InChI is InChI=1S/C9H18O3.C9H18O/c1-6(2)12-9-4-7(10)3-8(11)5-9;1-9(2,3)5-7-4-8(7)6-10/h6-11H,3-5H2,1-2H3;7-8,10H,4-6H2,1-3H3/t;7-,8-/m.0/s1. The van der Waals surface area contributed by atoms with Crippen LogP contribution in [-0.2, 0) is 4.74 Å². The zero-order valence-corrected chi connectivity index (χ0v) is 15.0. The van der Waals surface area contributed by atoms with Crippen molar-refractivity contribution >= 4 is 0 Å². The molecular weight excluding hydrogens is 280 g/mol. The van der Waals surface area contributed by atoms with Crippen LogP contribution in [-0.4, -0.2) is 46.3 Å². The first-order chi connectivity index (χ1) is 10.1. The second kappa shape index (κ2) is 8.62. The van der Waals surface area contributed by atoms with E-state index in [9.17, 15) is 10.2 Å². The van der Waals surface area contributed by atoms with E-state index in [1.807, 2.05) is 13.8 Å². The van der Waals surface area contributed by atoms with Crippen LogP contribution in [0.1, 0.15) is 66.7 Å². The van der Waals surface area contributed by atoms with Crippen molar-refractivity contribution in [1.29, 1.82) is 0 Å². The zero-order valence-electron chi connectivity index (χ0n) is 15.0. The van der Waals surface area contributed by atoms with E-state index in [1.54, 1.807) is 0 Å². The summed E-state index contributed by atoms with van der Waals surface area (Å²) in [5, 5.41) is 27.4. The van der Waals surface area contributed by atoms with E-state index in [4.69, 9.17) is 9.84 Å². The fourth-order valence-corrected chi connectivity index (χ4v) is 3.28. The van der Waals surface area contributed by atoms with Crippen molar-refractivity contribution in [1.82, 2.24) is 0 Å². The van der Waals surface area contributed by atoms with Crippen molar-refractivity contribution in [3.05, 3.63) is 0 Å². The highest BCUT2D eigenvalue weighted by atomic mass is 16.5. The Labute approximate surface area is 135 Å². The molecule has 0 heterocycles. The molecule has 2 unspecified atom stereocenters. The van der Waals surface area contributed by atoms with Gasteiger partial charge in [0, 0.05) is 6.61 Å². The average Bonchev–Trinajstić information content (AvgIpc) is 3.03. The van der Waals surface area contributed by atoms with E-state index >= 15 is 0 Å². The molecule has 2 aliphatic carbocycles. The normalized spacial score (nSPS) is 35.0. The van der Waals surface area contributed by atoms with Gasteiger partial charge in [-0.25, -0.2) is 0 Å². The van der Waals surface area contributed by atoms with Gasteiger partial charge in [-0.1, -0.05) is 20.8 Å². The molecule has 132 valence electrons. The van der Waals surface area contributed by atoms with Gasteiger partial charge >= 0.3 is 0 Å². The smallest absolute Gasteiger partial charge is 0.0627 e. The predicted octanol–water partition coefficient (Wildman–Crippen LogP) is 2.74. The number of hydrogen-bond acceptors (Lipinski definition) is 4. The summed E-state index contributed by atoms with van der Waals surface area (Å²) in [5.41, 5.74) is 0.453. The summed E-state index contributed by atoms with van der Waals surface area (Å²) in [6.07, 6.45) is 3.78. The molecule has 0 aliphatic heterocycles. The molecule has 22 heavy (non-hydrogen) atoms. The maximum Gasteiger partial charge on any atom is 0.0627 e. The molecule has 0 bridgehead atoms. The summed E-state index contributed by atoms with van der Waals surface area (Å²) in [6, 6.07) is 0. The van der Waals surface area contributed by atoms with Crippen LogP contribution in [0.25, 0.3) is 0 Å². The number of ether oxygens (including phenoxy) is 1. The molecule has 2 rings (SSSR count). The third kappa shape index (κ3) is 8.47. The van der Waals surface area contributed by atoms with Gasteiger partial charge in [0.1, 0.15) is 0 Å². The van der Waals surface area contributed by atoms with E-state index in [0.29, 0.717) is 37.2 Å². The Morgan fingerprint density at radius 2 is 1.50 bits per heavy atom. The van der Waals surface area contributed by atoms with Gasteiger partial charge in [0.05, 0.1) is 24.4 Å². The van der Waals surface area contributed by atoms with Gasteiger partial charge in [-0.2, -0.15) is 0 Å². The Morgan fingerprint density at radius 3 is 1.86 bits per heavy atom. The van der Waals surface area contributed by atoms with Crippen LogP contribution in [0.2, 0.25) is 0 Å². The minimum absolute atomic E-state index is 0.0312. The van der Waals surface area contributed by atoms with Gasteiger partial charge in [0.15, 0.2) is 0 Å². The molecule has 0 radical (unpaired) electrons.